The van der Waals surface area contributed by atoms with Crippen molar-refractivity contribution < 1.29 is 14.3 Å². The number of rotatable bonds is 7. The van der Waals surface area contributed by atoms with Gasteiger partial charge in [-0.3, -0.25) is 9.59 Å². The smallest absolute Gasteiger partial charge is 0.262 e. The van der Waals surface area contributed by atoms with Crippen LogP contribution in [0.1, 0.15) is 34.5 Å². The number of carbonyl (C=O) groups is 2. The number of hydrogen-bond donors (Lipinski definition) is 2. The Morgan fingerprint density at radius 1 is 0.931 bits per heavy atom. The maximum atomic E-state index is 12.6. The maximum Gasteiger partial charge on any atom is 0.262 e. The number of hydrogen-bond acceptors (Lipinski definition) is 3. The molecule has 0 aliphatic heterocycles. The number of ether oxygens (including phenoxy) is 1. The molecule has 1 atom stereocenters. The Hall–Kier alpha value is -3.60. The van der Waals surface area contributed by atoms with Crippen LogP contribution in [-0.2, 0) is 4.79 Å². The molecule has 3 aromatic rings. The molecule has 3 aromatic carbocycles. The topological polar surface area (TPSA) is 67.4 Å². The van der Waals surface area contributed by atoms with Gasteiger partial charge in [0, 0.05) is 11.3 Å². The number of amides is 2. The lowest BCUT2D eigenvalue weighted by Crippen LogP contribution is -2.27. The van der Waals surface area contributed by atoms with Gasteiger partial charge in [-0.15, -0.1) is 0 Å². The minimum Gasteiger partial charge on any atom is -0.484 e. The van der Waals surface area contributed by atoms with Gasteiger partial charge in [0.25, 0.3) is 11.8 Å². The highest BCUT2D eigenvalue weighted by molar-refractivity contribution is 5.97. The van der Waals surface area contributed by atoms with Crippen LogP contribution in [0.15, 0.2) is 78.9 Å². The third-order valence-electron chi connectivity index (χ3n) is 4.42. The van der Waals surface area contributed by atoms with Crippen molar-refractivity contribution in [3.63, 3.8) is 0 Å². The molecule has 5 heteroatoms. The van der Waals surface area contributed by atoms with E-state index < -0.39 is 0 Å². The molecule has 0 spiro atoms. The molecular weight excluding hydrogens is 364 g/mol. The minimum atomic E-state index is -0.290. The number of anilines is 1. The van der Waals surface area contributed by atoms with E-state index in [4.69, 9.17) is 4.74 Å². The molecule has 0 saturated carbocycles. The van der Waals surface area contributed by atoms with Crippen molar-refractivity contribution >= 4 is 17.5 Å². The van der Waals surface area contributed by atoms with E-state index in [-0.39, 0.29) is 24.5 Å². The summed E-state index contributed by atoms with van der Waals surface area (Å²) in [6.45, 7) is 3.79. The molecule has 1 unspecified atom stereocenters. The van der Waals surface area contributed by atoms with Crippen LogP contribution >= 0.6 is 0 Å². The fourth-order valence-corrected chi connectivity index (χ4v) is 2.89. The standard InChI is InChI=1S/C24H24N2O3/c1-17-8-6-13-22(14-17)29-16-23(27)26-21-12-7-11-20(15-21)24(28)25-18(2)19-9-4-3-5-10-19/h3-15,18H,16H2,1-2H3,(H,25,28)(H,26,27). The molecule has 29 heavy (non-hydrogen) atoms. The monoisotopic (exact) mass is 388 g/mol. The normalized spacial score (nSPS) is 11.4. The van der Waals surface area contributed by atoms with E-state index in [9.17, 15) is 9.59 Å². The van der Waals surface area contributed by atoms with Crippen LogP contribution in [0, 0.1) is 6.92 Å². The first-order chi connectivity index (χ1) is 14.0. The van der Waals surface area contributed by atoms with E-state index in [1.54, 1.807) is 30.3 Å². The van der Waals surface area contributed by atoms with E-state index in [1.807, 2.05) is 62.4 Å². The molecular formula is C24H24N2O3. The average molecular weight is 388 g/mol. The summed E-state index contributed by atoms with van der Waals surface area (Å²) >= 11 is 0. The van der Waals surface area contributed by atoms with E-state index in [2.05, 4.69) is 10.6 Å². The largest absolute Gasteiger partial charge is 0.484 e. The predicted octanol–water partition coefficient (Wildman–Crippen LogP) is 4.50. The van der Waals surface area contributed by atoms with Gasteiger partial charge in [-0.05, 0) is 55.3 Å². The third kappa shape index (κ3) is 5.94. The molecule has 0 fully saturated rings. The Labute approximate surface area is 170 Å². The van der Waals surface area contributed by atoms with Crippen LogP contribution in [0.4, 0.5) is 5.69 Å². The second kappa shape index (κ2) is 9.55. The van der Waals surface area contributed by atoms with Gasteiger partial charge in [0.05, 0.1) is 6.04 Å². The zero-order valence-corrected chi connectivity index (χ0v) is 16.5. The molecule has 0 aliphatic rings. The lowest BCUT2D eigenvalue weighted by molar-refractivity contribution is -0.118. The lowest BCUT2D eigenvalue weighted by Gasteiger charge is -2.15. The van der Waals surface area contributed by atoms with Crippen molar-refractivity contribution in [1.29, 1.82) is 0 Å². The van der Waals surface area contributed by atoms with Crippen LogP contribution in [0.25, 0.3) is 0 Å². The second-order valence-corrected chi connectivity index (χ2v) is 6.84. The van der Waals surface area contributed by atoms with Crippen molar-refractivity contribution in [2.45, 2.75) is 19.9 Å². The Bertz CT molecular complexity index is 986. The summed E-state index contributed by atoms with van der Waals surface area (Å²) in [6.07, 6.45) is 0. The van der Waals surface area contributed by atoms with Crippen molar-refractivity contribution in [2.75, 3.05) is 11.9 Å². The van der Waals surface area contributed by atoms with Gasteiger partial charge >= 0.3 is 0 Å². The van der Waals surface area contributed by atoms with Crippen molar-refractivity contribution in [2.24, 2.45) is 0 Å². The Balaban J connectivity index is 1.57. The number of carbonyl (C=O) groups excluding carboxylic acids is 2. The summed E-state index contributed by atoms with van der Waals surface area (Å²) in [6, 6.07) is 24.0. The van der Waals surface area contributed by atoms with Crippen LogP contribution in [0.3, 0.4) is 0 Å². The van der Waals surface area contributed by atoms with Crippen LogP contribution < -0.4 is 15.4 Å². The third-order valence-corrected chi connectivity index (χ3v) is 4.42. The molecule has 0 heterocycles. The van der Waals surface area contributed by atoms with E-state index in [0.717, 1.165) is 11.1 Å². The fourth-order valence-electron chi connectivity index (χ4n) is 2.89. The average Bonchev–Trinajstić information content (AvgIpc) is 2.73. The molecule has 0 aliphatic carbocycles. The van der Waals surface area contributed by atoms with Crippen molar-refractivity contribution in [1.82, 2.24) is 5.32 Å². The van der Waals surface area contributed by atoms with Gasteiger partial charge in [-0.2, -0.15) is 0 Å². The second-order valence-electron chi connectivity index (χ2n) is 6.84. The summed E-state index contributed by atoms with van der Waals surface area (Å²) in [4.78, 5) is 24.7. The summed E-state index contributed by atoms with van der Waals surface area (Å²) in [5.74, 6) is 0.151. The Morgan fingerprint density at radius 2 is 1.69 bits per heavy atom. The highest BCUT2D eigenvalue weighted by Gasteiger charge is 2.12. The first-order valence-corrected chi connectivity index (χ1v) is 9.46. The van der Waals surface area contributed by atoms with Crippen molar-refractivity contribution in [3.05, 3.63) is 95.6 Å². The minimum absolute atomic E-state index is 0.106. The fraction of sp³-hybridized carbons (Fsp3) is 0.167. The first-order valence-electron chi connectivity index (χ1n) is 9.46. The van der Waals surface area contributed by atoms with E-state index in [1.165, 1.54) is 0 Å². The summed E-state index contributed by atoms with van der Waals surface area (Å²) < 4.78 is 5.51. The van der Waals surface area contributed by atoms with Gasteiger partial charge in [0.2, 0.25) is 0 Å². The molecule has 0 radical (unpaired) electrons. The van der Waals surface area contributed by atoms with E-state index >= 15 is 0 Å². The summed E-state index contributed by atoms with van der Waals surface area (Å²) in [7, 11) is 0. The quantitative estimate of drug-likeness (QED) is 0.626. The Kier molecular flexibility index (Phi) is 6.63. The van der Waals surface area contributed by atoms with Gasteiger partial charge in [0.15, 0.2) is 6.61 Å². The zero-order valence-electron chi connectivity index (χ0n) is 16.5. The van der Waals surface area contributed by atoms with Crippen LogP contribution in [0.2, 0.25) is 0 Å². The molecule has 0 saturated heterocycles. The predicted molar refractivity (Wildman–Crippen MR) is 114 cm³/mol. The molecule has 2 N–H and O–H groups in total. The highest BCUT2D eigenvalue weighted by atomic mass is 16.5. The number of nitrogens with one attached hydrogen (secondary N) is 2. The summed E-state index contributed by atoms with van der Waals surface area (Å²) in [5, 5.41) is 5.73. The highest BCUT2D eigenvalue weighted by Crippen LogP contribution is 2.16. The first kappa shape index (κ1) is 20.1. The lowest BCUT2D eigenvalue weighted by atomic mass is 10.1. The van der Waals surface area contributed by atoms with Gasteiger partial charge in [-0.25, -0.2) is 0 Å². The number of benzene rings is 3. The zero-order chi connectivity index (χ0) is 20.6. The SMILES string of the molecule is Cc1cccc(OCC(=O)Nc2cccc(C(=O)NC(C)c3ccccc3)c2)c1. The van der Waals surface area contributed by atoms with Gasteiger partial charge in [0.1, 0.15) is 5.75 Å². The van der Waals surface area contributed by atoms with Gasteiger partial charge in [-0.1, -0.05) is 48.5 Å². The molecule has 148 valence electrons. The van der Waals surface area contributed by atoms with Crippen LogP contribution in [0.5, 0.6) is 5.75 Å². The summed E-state index contributed by atoms with van der Waals surface area (Å²) in [5.41, 5.74) is 3.11. The molecule has 2 amide bonds. The molecule has 0 bridgehead atoms. The van der Waals surface area contributed by atoms with Crippen molar-refractivity contribution in [3.8, 4) is 5.75 Å². The van der Waals surface area contributed by atoms with Gasteiger partial charge < -0.3 is 15.4 Å². The molecule has 3 rings (SSSR count). The number of aryl methyl sites for hydroxylation is 1. The maximum absolute atomic E-state index is 12.6. The molecule has 5 nitrogen and oxygen atoms in total. The Morgan fingerprint density at radius 3 is 2.45 bits per heavy atom. The molecule has 0 aromatic heterocycles. The van der Waals surface area contributed by atoms with E-state index in [0.29, 0.717) is 17.0 Å². The van der Waals surface area contributed by atoms with Crippen LogP contribution in [-0.4, -0.2) is 18.4 Å².